The molecule has 3 aromatic carbocycles. The van der Waals surface area contributed by atoms with E-state index in [-0.39, 0.29) is 24.3 Å². The Hall–Kier alpha value is -4.32. The van der Waals surface area contributed by atoms with Crippen LogP contribution < -0.4 is 10.1 Å². The average Bonchev–Trinajstić information content (AvgIpc) is 3.51. The molecule has 0 aliphatic heterocycles. The first-order valence-electron chi connectivity index (χ1n) is 10.8. The monoisotopic (exact) mass is 437 g/mol. The topological polar surface area (TPSA) is 80.2 Å². The summed E-state index contributed by atoms with van der Waals surface area (Å²) in [6, 6.07) is 30.4. The molecule has 5 rings (SSSR count). The van der Waals surface area contributed by atoms with E-state index < -0.39 is 0 Å². The Labute approximate surface area is 191 Å². The summed E-state index contributed by atoms with van der Waals surface area (Å²) < 4.78 is 11.5. The molecule has 1 atom stereocenters. The van der Waals surface area contributed by atoms with Gasteiger partial charge in [0.2, 0.25) is 0 Å². The van der Waals surface area contributed by atoms with Crippen molar-refractivity contribution in [1.29, 1.82) is 0 Å². The highest BCUT2D eigenvalue weighted by Crippen LogP contribution is 2.21. The van der Waals surface area contributed by atoms with Crippen LogP contribution in [0.5, 0.6) is 5.75 Å². The number of imidazole rings is 1. The Morgan fingerprint density at radius 1 is 0.909 bits per heavy atom. The summed E-state index contributed by atoms with van der Waals surface area (Å²) in [5.41, 5.74) is 2.89. The van der Waals surface area contributed by atoms with Crippen LogP contribution in [0.3, 0.4) is 0 Å². The van der Waals surface area contributed by atoms with Crippen LogP contribution in [0.2, 0.25) is 0 Å². The Morgan fingerprint density at radius 3 is 2.42 bits per heavy atom. The van der Waals surface area contributed by atoms with Gasteiger partial charge in [-0.15, -0.1) is 0 Å². The molecule has 0 saturated carbocycles. The van der Waals surface area contributed by atoms with Crippen LogP contribution in [0.15, 0.2) is 101 Å². The summed E-state index contributed by atoms with van der Waals surface area (Å²) in [5.74, 6) is 1.95. The second kappa shape index (κ2) is 9.44. The first-order chi connectivity index (χ1) is 16.2. The van der Waals surface area contributed by atoms with Gasteiger partial charge in [-0.05, 0) is 48.4 Å². The first-order valence-corrected chi connectivity index (χ1v) is 10.8. The zero-order valence-corrected chi connectivity index (χ0v) is 17.9. The number of furan rings is 1. The van der Waals surface area contributed by atoms with Crippen molar-refractivity contribution in [3.05, 3.63) is 120 Å². The minimum atomic E-state index is -0.346. The van der Waals surface area contributed by atoms with Gasteiger partial charge in [-0.25, -0.2) is 4.98 Å². The molecule has 2 N–H and O–H groups in total. The molecule has 1 amide bonds. The van der Waals surface area contributed by atoms with Gasteiger partial charge in [-0.2, -0.15) is 0 Å². The average molecular weight is 437 g/mol. The fourth-order valence-corrected chi connectivity index (χ4v) is 3.68. The Bertz CT molecular complexity index is 1310. The number of rotatable bonds is 8. The van der Waals surface area contributed by atoms with Crippen LogP contribution >= 0.6 is 0 Å². The van der Waals surface area contributed by atoms with E-state index in [1.165, 1.54) is 0 Å². The minimum absolute atomic E-state index is 0.232. The zero-order chi connectivity index (χ0) is 22.5. The van der Waals surface area contributed by atoms with Gasteiger partial charge in [-0.3, -0.25) is 4.79 Å². The standard InChI is InChI=1S/C27H23N3O3/c31-27(25-16-15-21(33-25)18-32-20-11-5-2-6-12-20)30-24(17-19-9-3-1-4-10-19)26-28-22-13-7-8-14-23(22)29-26/h1-16,24H,17-18H2,(H,28,29)(H,30,31)/t24-/m0/s1. The molecule has 0 saturated heterocycles. The number of H-pyrrole nitrogens is 1. The van der Waals surface area contributed by atoms with Gasteiger partial charge >= 0.3 is 0 Å². The van der Waals surface area contributed by atoms with E-state index in [0.29, 0.717) is 18.0 Å². The van der Waals surface area contributed by atoms with Crippen LogP contribution in [0.1, 0.15) is 33.7 Å². The highest BCUT2D eigenvalue weighted by Gasteiger charge is 2.22. The lowest BCUT2D eigenvalue weighted by molar-refractivity contribution is 0.0902. The summed E-state index contributed by atoms with van der Waals surface area (Å²) in [7, 11) is 0. The number of fused-ring (bicyclic) bond motifs is 1. The first kappa shape index (κ1) is 20.6. The number of aromatic nitrogens is 2. The lowest BCUT2D eigenvalue weighted by Crippen LogP contribution is -2.30. The third-order valence-electron chi connectivity index (χ3n) is 5.34. The maximum atomic E-state index is 13.0. The van der Waals surface area contributed by atoms with Crippen LogP contribution in [-0.2, 0) is 13.0 Å². The molecule has 0 fully saturated rings. The van der Waals surface area contributed by atoms with Crippen molar-refractivity contribution in [2.75, 3.05) is 0 Å². The molecule has 0 aliphatic carbocycles. The summed E-state index contributed by atoms with van der Waals surface area (Å²) in [6.07, 6.45) is 0.594. The Kier molecular flexibility index (Phi) is 5.89. The number of nitrogens with zero attached hydrogens (tertiary/aromatic N) is 1. The van der Waals surface area contributed by atoms with E-state index in [1.54, 1.807) is 12.1 Å². The van der Waals surface area contributed by atoms with E-state index in [9.17, 15) is 4.79 Å². The maximum absolute atomic E-state index is 13.0. The second-order valence-corrected chi connectivity index (χ2v) is 7.72. The third kappa shape index (κ3) is 4.96. The van der Waals surface area contributed by atoms with E-state index >= 15 is 0 Å². The Morgan fingerprint density at radius 2 is 1.64 bits per heavy atom. The maximum Gasteiger partial charge on any atom is 0.287 e. The lowest BCUT2D eigenvalue weighted by atomic mass is 10.1. The molecule has 2 aromatic heterocycles. The number of hydrogen-bond acceptors (Lipinski definition) is 4. The van der Waals surface area contributed by atoms with Crippen LogP contribution in [-0.4, -0.2) is 15.9 Å². The molecule has 0 bridgehead atoms. The molecule has 5 aromatic rings. The predicted octanol–water partition coefficient (Wildman–Crippen LogP) is 5.45. The van der Waals surface area contributed by atoms with Crippen molar-refractivity contribution in [2.45, 2.75) is 19.1 Å². The normalized spacial score (nSPS) is 11.9. The zero-order valence-electron chi connectivity index (χ0n) is 17.9. The highest BCUT2D eigenvalue weighted by atomic mass is 16.5. The smallest absolute Gasteiger partial charge is 0.287 e. The van der Waals surface area contributed by atoms with Gasteiger partial charge < -0.3 is 19.5 Å². The number of carbonyl (C=O) groups excluding carboxylic acids is 1. The van der Waals surface area contributed by atoms with Gasteiger partial charge in [0.05, 0.1) is 17.1 Å². The number of benzene rings is 3. The van der Waals surface area contributed by atoms with Gasteiger partial charge in [0, 0.05) is 0 Å². The van der Waals surface area contributed by atoms with E-state index in [0.717, 1.165) is 22.3 Å². The number of nitrogens with one attached hydrogen (secondary N) is 2. The molecular weight excluding hydrogens is 414 g/mol. The number of carbonyl (C=O) groups is 1. The second-order valence-electron chi connectivity index (χ2n) is 7.72. The van der Waals surface area contributed by atoms with Crippen molar-refractivity contribution in [3.8, 4) is 5.75 Å². The Balaban J connectivity index is 1.33. The van der Waals surface area contributed by atoms with Crippen LogP contribution in [0.25, 0.3) is 11.0 Å². The van der Waals surface area contributed by atoms with Crippen molar-refractivity contribution >= 4 is 16.9 Å². The number of aromatic amines is 1. The number of amides is 1. The van der Waals surface area contributed by atoms with E-state index in [4.69, 9.17) is 14.1 Å². The summed E-state index contributed by atoms with van der Waals surface area (Å²) >= 11 is 0. The minimum Gasteiger partial charge on any atom is -0.486 e. The summed E-state index contributed by atoms with van der Waals surface area (Å²) in [4.78, 5) is 21.1. The molecule has 6 nitrogen and oxygen atoms in total. The molecule has 0 aliphatic rings. The fourth-order valence-electron chi connectivity index (χ4n) is 3.68. The molecule has 2 heterocycles. The van der Waals surface area contributed by atoms with E-state index in [2.05, 4.69) is 10.3 Å². The van der Waals surface area contributed by atoms with Crippen LogP contribution in [0.4, 0.5) is 0 Å². The predicted molar refractivity (Wildman–Crippen MR) is 126 cm³/mol. The molecule has 6 heteroatoms. The summed E-state index contributed by atoms with van der Waals surface area (Å²) in [6.45, 7) is 0.244. The molecule has 0 spiro atoms. The molecule has 0 radical (unpaired) electrons. The SMILES string of the molecule is O=C(N[C@@H](Cc1ccccc1)c1nc2ccccc2[nH]1)c1ccc(COc2ccccc2)o1. The quantitative estimate of drug-likeness (QED) is 0.338. The van der Waals surface area contributed by atoms with Crippen molar-refractivity contribution in [2.24, 2.45) is 0 Å². The fraction of sp³-hybridized carbons (Fsp3) is 0.111. The van der Waals surface area contributed by atoms with E-state index in [1.807, 2.05) is 84.9 Å². The summed E-state index contributed by atoms with van der Waals surface area (Å²) in [5, 5.41) is 3.08. The van der Waals surface area contributed by atoms with Gasteiger partial charge in [0.1, 0.15) is 23.9 Å². The van der Waals surface area contributed by atoms with Crippen molar-refractivity contribution < 1.29 is 13.9 Å². The van der Waals surface area contributed by atoms with Crippen molar-refractivity contribution in [3.63, 3.8) is 0 Å². The number of hydrogen-bond donors (Lipinski definition) is 2. The van der Waals surface area contributed by atoms with Gasteiger partial charge in [0.25, 0.3) is 5.91 Å². The third-order valence-corrected chi connectivity index (χ3v) is 5.34. The van der Waals surface area contributed by atoms with Crippen LogP contribution in [0, 0.1) is 0 Å². The molecule has 33 heavy (non-hydrogen) atoms. The molecule has 164 valence electrons. The number of para-hydroxylation sites is 3. The molecular formula is C27H23N3O3. The largest absolute Gasteiger partial charge is 0.486 e. The highest BCUT2D eigenvalue weighted by molar-refractivity contribution is 5.91. The molecule has 0 unspecified atom stereocenters. The lowest BCUT2D eigenvalue weighted by Gasteiger charge is -2.16. The van der Waals surface area contributed by atoms with Crippen molar-refractivity contribution in [1.82, 2.24) is 15.3 Å². The van der Waals surface area contributed by atoms with Gasteiger partial charge in [0.15, 0.2) is 5.76 Å². The number of ether oxygens (including phenoxy) is 1. The van der Waals surface area contributed by atoms with Gasteiger partial charge in [-0.1, -0.05) is 60.7 Å².